The van der Waals surface area contributed by atoms with Crippen LogP contribution in [0.1, 0.15) is 12.8 Å². The minimum absolute atomic E-state index is 0.0644. The monoisotopic (exact) mass is 199 g/mol. The van der Waals surface area contributed by atoms with Gasteiger partial charge in [0.15, 0.2) is 23.3 Å². The molecule has 1 aliphatic carbocycles. The lowest BCUT2D eigenvalue weighted by Gasteiger charge is -2.07. The second-order valence-corrected chi connectivity index (χ2v) is 3.32. The highest BCUT2D eigenvalue weighted by atomic mass is 19.1. The minimum Gasteiger partial charge on any atom is -0.371 e. The molecule has 1 fully saturated rings. The standard InChI is InChI=1S/C9H11F2N3/c1-12-8-6(10)4-7(11)9(14-8)13-5-2-3-5/h4-5H,2-3H2,1H3,(H2,12,13,14). The van der Waals surface area contributed by atoms with Crippen molar-refractivity contribution in [3.8, 4) is 0 Å². The smallest absolute Gasteiger partial charge is 0.168 e. The summed E-state index contributed by atoms with van der Waals surface area (Å²) in [5.74, 6) is -1.13. The second-order valence-electron chi connectivity index (χ2n) is 3.32. The van der Waals surface area contributed by atoms with Gasteiger partial charge in [-0.15, -0.1) is 0 Å². The molecule has 5 heteroatoms. The lowest BCUT2D eigenvalue weighted by atomic mass is 10.4. The number of hydrogen-bond donors (Lipinski definition) is 2. The van der Waals surface area contributed by atoms with Crippen molar-refractivity contribution in [1.29, 1.82) is 0 Å². The van der Waals surface area contributed by atoms with E-state index in [9.17, 15) is 8.78 Å². The highest BCUT2D eigenvalue weighted by Gasteiger charge is 2.23. The Kier molecular flexibility index (Phi) is 2.23. The largest absolute Gasteiger partial charge is 0.371 e. The Bertz CT molecular complexity index is 350. The van der Waals surface area contributed by atoms with Gasteiger partial charge in [-0.05, 0) is 12.8 Å². The third-order valence-corrected chi connectivity index (χ3v) is 2.08. The third-order valence-electron chi connectivity index (χ3n) is 2.08. The van der Waals surface area contributed by atoms with Gasteiger partial charge < -0.3 is 10.6 Å². The summed E-state index contributed by atoms with van der Waals surface area (Å²) in [5, 5.41) is 5.46. The highest BCUT2D eigenvalue weighted by molar-refractivity contribution is 5.48. The van der Waals surface area contributed by atoms with Crippen LogP contribution in [0.3, 0.4) is 0 Å². The van der Waals surface area contributed by atoms with Gasteiger partial charge >= 0.3 is 0 Å². The Morgan fingerprint density at radius 3 is 2.50 bits per heavy atom. The highest BCUT2D eigenvalue weighted by Crippen LogP contribution is 2.26. The van der Waals surface area contributed by atoms with E-state index in [2.05, 4.69) is 15.6 Å². The lowest BCUT2D eigenvalue weighted by Crippen LogP contribution is -2.08. The van der Waals surface area contributed by atoms with Crippen molar-refractivity contribution < 1.29 is 8.78 Å². The van der Waals surface area contributed by atoms with Crippen LogP contribution in [0.15, 0.2) is 6.07 Å². The maximum atomic E-state index is 13.2. The zero-order valence-electron chi connectivity index (χ0n) is 7.77. The van der Waals surface area contributed by atoms with Crippen molar-refractivity contribution in [3.05, 3.63) is 17.7 Å². The Morgan fingerprint density at radius 1 is 1.29 bits per heavy atom. The van der Waals surface area contributed by atoms with Gasteiger partial charge in [-0.2, -0.15) is 0 Å². The number of anilines is 2. The molecule has 0 saturated heterocycles. The molecular weight excluding hydrogens is 188 g/mol. The predicted molar refractivity (Wildman–Crippen MR) is 50.3 cm³/mol. The molecule has 76 valence electrons. The van der Waals surface area contributed by atoms with Gasteiger partial charge in [0.05, 0.1) is 0 Å². The molecular formula is C9H11F2N3. The summed E-state index contributed by atoms with van der Waals surface area (Å²) >= 11 is 0. The molecule has 0 bridgehead atoms. The molecule has 0 amide bonds. The van der Waals surface area contributed by atoms with E-state index in [0.29, 0.717) is 6.04 Å². The van der Waals surface area contributed by atoms with Crippen molar-refractivity contribution in [1.82, 2.24) is 4.98 Å². The minimum atomic E-state index is -0.675. The van der Waals surface area contributed by atoms with Crippen LogP contribution in [-0.4, -0.2) is 18.1 Å². The van der Waals surface area contributed by atoms with Gasteiger partial charge in [-0.3, -0.25) is 0 Å². The fourth-order valence-electron chi connectivity index (χ4n) is 1.16. The molecule has 0 radical (unpaired) electrons. The molecule has 1 aromatic heterocycles. The molecule has 0 spiro atoms. The zero-order valence-corrected chi connectivity index (χ0v) is 7.77. The number of nitrogens with zero attached hydrogens (tertiary/aromatic N) is 1. The normalized spacial score (nSPS) is 15.4. The van der Waals surface area contributed by atoms with Crippen molar-refractivity contribution in [2.75, 3.05) is 17.7 Å². The van der Waals surface area contributed by atoms with E-state index in [1.165, 1.54) is 0 Å². The molecule has 14 heavy (non-hydrogen) atoms. The Balaban J connectivity index is 2.27. The number of nitrogens with one attached hydrogen (secondary N) is 2. The SMILES string of the molecule is CNc1nc(NC2CC2)c(F)cc1F. The van der Waals surface area contributed by atoms with Crippen molar-refractivity contribution in [2.24, 2.45) is 0 Å². The molecule has 3 nitrogen and oxygen atoms in total. The van der Waals surface area contributed by atoms with E-state index in [1.54, 1.807) is 7.05 Å². The number of halogens is 2. The molecule has 2 N–H and O–H groups in total. The third kappa shape index (κ3) is 1.76. The molecule has 1 aliphatic rings. The first-order valence-electron chi connectivity index (χ1n) is 4.51. The van der Waals surface area contributed by atoms with Crippen molar-refractivity contribution in [3.63, 3.8) is 0 Å². The second kappa shape index (κ2) is 3.40. The van der Waals surface area contributed by atoms with E-state index >= 15 is 0 Å². The van der Waals surface area contributed by atoms with Crippen molar-refractivity contribution in [2.45, 2.75) is 18.9 Å². The predicted octanol–water partition coefficient (Wildman–Crippen LogP) is 1.98. The number of rotatable bonds is 3. The summed E-state index contributed by atoms with van der Waals surface area (Å²) < 4.78 is 26.2. The summed E-state index contributed by atoms with van der Waals surface area (Å²) in [4.78, 5) is 3.80. The van der Waals surface area contributed by atoms with Crippen LogP contribution >= 0.6 is 0 Å². The van der Waals surface area contributed by atoms with Gasteiger partial charge in [0.2, 0.25) is 0 Å². The molecule has 1 aromatic rings. The van der Waals surface area contributed by atoms with E-state index in [4.69, 9.17) is 0 Å². The van der Waals surface area contributed by atoms with E-state index in [0.717, 1.165) is 18.9 Å². The van der Waals surface area contributed by atoms with Crippen LogP contribution in [0.5, 0.6) is 0 Å². The Labute approximate surface area is 80.5 Å². The molecule has 0 aromatic carbocycles. The summed E-state index contributed by atoms with van der Waals surface area (Å²) in [6.45, 7) is 0. The van der Waals surface area contributed by atoms with Crippen LogP contribution in [-0.2, 0) is 0 Å². The summed E-state index contributed by atoms with van der Waals surface area (Å²) in [5.41, 5.74) is 0. The van der Waals surface area contributed by atoms with Gasteiger partial charge in [0.25, 0.3) is 0 Å². The topological polar surface area (TPSA) is 37.0 Å². The van der Waals surface area contributed by atoms with Gasteiger partial charge in [-0.1, -0.05) is 0 Å². The molecule has 1 heterocycles. The molecule has 0 aliphatic heterocycles. The number of hydrogen-bond acceptors (Lipinski definition) is 3. The molecule has 0 atom stereocenters. The number of aromatic nitrogens is 1. The zero-order chi connectivity index (χ0) is 10.1. The van der Waals surface area contributed by atoms with Gasteiger partial charge in [-0.25, -0.2) is 13.8 Å². The van der Waals surface area contributed by atoms with E-state index < -0.39 is 11.6 Å². The van der Waals surface area contributed by atoms with Crippen LogP contribution < -0.4 is 10.6 Å². The maximum absolute atomic E-state index is 13.2. The first-order chi connectivity index (χ1) is 6.70. The fourth-order valence-corrected chi connectivity index (χ4v) is 1.16. The molecule has 1 saturated carbocycles. The Morgan fingerprint density at radius 2 is 1.93 bits per heavy atom. The maximum Gasteiger partial charge on any atom is 0.168 e. The summed E-state index contributed by atoms with van der Waals surface area (Å²) in [7, 11) is 1.55. The quantitative estimate of drug-likeness (QED) is 0.781. The fraction of sp³-hybridized carbons (Fsp3) is 0.444. The average molecular weight is 199 g/mol. The van der Waals surface area contributed by atoms with Crippen LogP contribution in [0.4, 0.5) is 20.4 Å². The van der Waals surface area contributed by atoms with Gasteiger partial charge in [0.1, 0.15) is 0 Å². The summed E-state index contributed by atoms with van der Waals surface area (Å²) in [6.07, 6.45) is 2.04. The van der Waals surface area contributed by atoms with Gasteiger partial charge in [0, 0.05) is 19.2 Å². The molecule has 2 rings (SSSR count). The van der Waals surface area contributed by atoms with E-state index in [-0.39, 0.29) is 11.6 Å². The van der Waals surface area contributed by atoms with Crippen LogP contribution in [0, 0.1) is 11.6 Å². The van der Waals surface area contributed by atoms with Crippen LogP contribution in [0.2, 0.25) is 0 Å². The lowest BCUT2D eigenvalue weighted by molar-refractivity contribution is 0.578. The van der Waals surface area contributed by atoms with Crippen molar-refractivity contribution >= 4 is 11.6 Å². The summed E-state index contributed by atoms with van der Waals surface area (Å²) in [6, 6.07) is 1.14. The Hall–Kier alpha value is -1.39. The first kappa shape index (κ1) is 9.18. The van der Waals surface area contributed by atoms with E-state index in [1.807, 2.05) is 0 Å². The number of pyridine rings is 1. The first-order valence-corrected chi connectivity index (χ1v) is 4.51. The molecule has 0 unspecified atom stereocenters. The van der Waals surface area contributed by atoms with Crippen LogP contribution in [0.25, 0.3) is 0 Å². The average Bonchev–Trinajstić information content (AvgIpc) is 2.93.